The van der Waals surface area contributed by atoms with E-state index in [2.05, 4.69) is 26.5 Å². The Morgan fingerprint density at radius 1 is 0.879 bits per heavy atom. The minimum atomic E-state index is -1.87. The highest BCUT2D eigenvalue weighted by molar-refractivity contribution is 5.14. The van der Waals surface area contributed by atoms with Gasteiger partial charge in [-0.3, -0.25) is 0 Å². The van der Waals surface area contributed by atoms with E-state index in [1.807, 2.05) is 0 Å². The van der Waals surface area contributed by atoms with Crippen molar-refractivity contribution in [3.63, 3.8) is 0 Å². The first-order valence-electron chi connectivity index (χ1n) is 12.9. The fraction of sp³-hybridized carbons (Fsp3) is 0.923. The molecule has 0 radical (unpaired) electrons. The molecule has 3 unspecified atom stereocenters. The highest BCUT2D eigenvalue weighted by atomic mass is 16.8. The van der Waals surface area contributed by atoms with Crippen LogP contribution in [0.2, 0.25) is 0 Å². The molecule has 33 heavy (non-hydrogen) atoms. The second-order valence-electron chi connectivity index (χ2n) is 12.2. The number of aliphatic hydroxyl groups is 5. The van der Waals surface area contributed by atoms with Crippen LogP contribution < -0.4 is 0 Å². The zero-order chi connectivity index (χ0) is 23.8. The van der Waals surface area contributed by atoms with Crippen molar-refractivity contribution >= 4 is 0 Å². The molecule has 0 amide bonds. The molecule has 1 saturated heterocycles. The van der Waals surface area contributed by atoms with Gasteiger partial charge in [-0.05, 0) is 85.9 Å². The quantitative estimate of drug-likeness (QED) is 0.319. The largest absolute Gasteiger partial charge is 0.388 e. The lowest BCUT2D eigenvalue weighted by atomic mass is 9.43. The standard InChI is InChI=1S/C26H42O7/c1-4-14-5-7-16-15-6-8-19-25(3,17(15)9-11-24(14,16)2)12-10-20(28)26(19,31)33-23-22(30)21(29)18(27)13-32-23/h4,14-23,27-31H,1,5-13H2,2-3H3/t14-,15-,16-,17-,18+,19?,20?,21+,22-,23+,24+,25+,26?/m0/s1. The minimum absolute atomic E-state index is 0.192. The molecule has 1 aliphatic heterocycles. The van der Waals surface area contributed by atoms with Crippen LogP contribution in [0.15, 0.2) is 12.7 Å². The molecule has 7 nitrogen and oxygen atoms in total. The van der Waals surface area contributed by atoms with Gasteiger partial charge in [0.15, 0.2) is 12.1 Å². The molecule has 7 heteroatoms. The minimum Gasteiger partial charge on any atom is -0.388 e. The van der Waals surface area contributed by atoms with Crippen LogP contribution in [0.5, 0.6) is 0 Å². The molecule has 4 aliphatic carbocycles. The van der Waals surface area contributed by atoms with Gasteiger partial charge in [-0.1, -0.05) is 19.9 Å². The summed E-state index contributed by atoms with van der Waals surface area (Å²) in [5.41, 5.74) is 0.117. The van der Waals surface area contributed by atoms with Crippen LogP contribution >= 0.6 is 0 Å². The molecular weight excluding hydrogens is 424 g/mol. The third kappa shape index (κ3) is 3.41. The highest BCUT2D eigenvalue weighted by Gasteiger charge is 2.66. The maximum Gasteiger partial charge on any atom is 0.198 e. The number of hydrogen-bond donors (Lipinski definition) is 5. The van der Waals surface area contributed by atoms with E-state index in [0.717, 1.165) is 32.1 Å². The fourth-order valence-corrected chi connectivity index (χ4v) is 9.04. The highest BCUT2D eigenvalue weighted by Crippen LogP contribution is 2.68. The molecule has 5 N–H and O–H groups in total. The summed E-state index contributed by atoms with van der Waals surface area (Å²) in [6, 6.07) is 0. The maximum absolute atomic E-state index is 11.8. The van der Waals surface area contributed by atoms with Crippen molar-refractivity contribution in [2.24, 2.45) is 40.4 Å². The summed E-state index contributed by atoms with van der Waals surface area (Å²) in [6.45, 7) is 8.63. The van der Waals surface area contributed by atoms with Gasteiger partial charge in [0.1, 0.15) is 24.4 Å². The molecular formula is C26H42O7. The Morgan fingerprint density at radius 2 is 1.58 bits per heavy atom. The van der Waals surface area contributed by atoms with E-state index in [-0.39, 0.29) is 17.9 Å². The van der Waals surface area contributed by atoms with E-state index in [0.29, 0.717) is 35.5 Å². The zero-order valence-corrected chi connectivity index (χ0v) is 20.0. The predicted molar refractivity (Wildman–Crippen MR) is 121 cm³/mol. The third-order valence-electron chi connectivity index (χ3n) is 10.9. The molecule has 188 valence electrons. The van der Waals surface area contributed by atoms with E-state index < -0.39 is 36.5 Å². The van der Waals surface area contributed by atoms with Gasteiger partial charge in [0.05, 0.1) is 6.61 Å². The first-order chi connectivity index (χ1) is 15.6. The average molecular weight is 467 g/mol. The van der Waals surface area contributed by atoms with Gasteiger partial charge in [0.2, 0.25) is 0 Å². The molecule has 0 aromatic rings. The van der Waals surface area contributed by atoms with Crippen LogP contribution in [0, 0.1) is 40.4 Å². The van der Waals surface area contributed by atoms with Gasteiger partial charge in [-0.25, -0.2) is 0 Å². The van der Waals surface area contributed by atoms with E-state index in [4.69, 9.17) is 9.47 Å². The number of allylic oxidation sites excluding steroid dienone is 1. The van der Waals surface area contributed by atoms with Crippen LogP contribution in [0.4, 0.5) is 0 Å². The Balaban J connectivity index is 1.41. The first kappa shape index (κ1) is 24.2. The smallest absolute Gasteiger partial charge is 0.198 e. The van der Waals surface area contributed by atoms with Crippen molar-refractivity contribution < 1.29 is 35.0 Å². The van der Waals surface area contributed by atoms with E-state index in [9.17, 15) is 25.5 Å². The molecule has 5 aliphatic rings. The lowest BCUT2D eigenvalue weighted by molar-refractivity contribution is -0.403. The van der Waals surface area contributed by atoms with Gasteiger partial charge in [-0.2, -0.15) is 0 Å². The monoisotopic (exact) mass is 466 g/mol. The van der Waals surface area contributed by atoms with Crippen molar-refractivity contribution in [3.05, 3.63) is 12.7 Å². The van der Waals surface area contributed by atoms with Crippen molar-refractivity contribution in [1.82, 2.24) is 0 Å². The van der Waals surface area contributed by atoms with E-state index in [1.54, 1.807) is 0 Å². The molecule has 1 heterocycles. The number of hydrogen-bond acceptors (Lipinski definition) is 7. The van der Waals surface area contributed by atoms with E-state index in [1.165, 1.54) is 12.8 Å². The Labute approximate surface area is 196 Å². The van der Waals surface area contributed by atoms with Gasteiger partial charge in [0, 0.05) is 5.92 Å². The first-order valence-corrected chi connectivity index (χ1v) is 12.9. The van der Waals surface area contributed by atoms with Crippen molar-refractivity contribution in [3.8, 4) is 0 Å². The molecule has 0 spiro atoms. The second kappa shape index (κ2) is 8.26. The van der Waals surface area contributed by atoms with Crippen molar-refractivity contribution in [2.75, 3.05) is 6.61 Å². The third-order valence-corrected chi connectivity index (χ3v) is 10.9. The topological polar surface area (TPSA) is 120 Å². The Hall–Kier alpha value is -0.540. The van der Waals surface area contributed by atoms with E-state index >= 15 is 0 Å². The van der Waals surface area contributed by atoms with Crippen LogP contribution in [-0.2, 0) is 9.47 Å². The van der Waals surface area contributed by atoms with Crippen molar-refractivity contribution in [1.29, 1.82) is 0 Å². The average Bonchev–Trinajstić information content (AvgIpc) is 3.13. The maximum atomic E-state index is 11.8. The van der Waals surface area contributed by atoms with Crippen molar-refractivity contribution in [2.45, 2.75) is 102 Å². The summed E-state index contributed by atoms with van der Waals surface area (Å²) in [7, 11) is 0. The summed E-state index contributed by atoms with van der Waals surface area (Å²) in [5, 5.41) is 53.0. The molecule has 0 aromatic carbocycles. The predicted octanol–water partition coefficient (Wildman–Crippen LogP) is 1.95. The summed E-state index contributed by atoms with van der Waals surface area (Å²) < 4.78 is 11.4. The van der Waals surface area contributed by atoms with Crippen LogP contribution in [0.25, 0.3) is 0 Å². The number of fused-ring (bicyclic) bond motifs is 5. The molecule has 13 atom stereocenters. The summed E-state index contributed by atoms with van der Waals surface area (Å²) in [5.74, 6) is 0.127. The molecule has 5 fully saturated rings. The van der Waals surface area contributed by atoms with Gasteiger partial charge < -0.3 is 35.0 Å². The summed E-state index contributed by atoms with van der Waals surface area (Å²) in [6.07, 6.45) is 3.31. The Kier molecular flexibility index (Phi) is 6.05. The SMILES string of the molecule is C=C[C@H]1CC[C@H]2[C@@H]3CCC4C(O)(O[C@H]5OC[C@@H](O)[C@@H](O)[C@@H]5O)C(O)CC[C@]4(C)[C@H]3CC[C@]12C. The molecule has 5 rings (SSSR count). The van der Waals surface area contributed by atoms with Crippen LogP contribution in [0.1, 0.15) is 65.2 Å². The Bertz CT molecular complexity index is 761. The Morgan fingerprint density at radius 3 is 2.30 bits per heavy atom. The van der Waals surface area contributed by atoms with Crippen LogP contribution in [-0.4, -0.2) is 68.6 Å². The molecule has 4 saturated carbocycles. The summed E-state index contributed by atoms with van der Waals surface area (Å²) >= 11 is 0. The second-order valence-corrected chi connectivity index (χ2v) is 12.2. The normalized spacial score (nSPS) is 58.8. The zero-order valence-electron chi connectivity index (χ0n) is 20.0. The summed E-state index contributed by atoms with van der Waals surface area (Å²) in [4.78, 5) is 0. The molecule has 0 aromatic heterocycles. The lowest BCUT2D eigenvalue weighted by Gasteiger charge is -2.64. The lowest BCUT2D eigenvalue weighted by Crippen LogP contribution is -2.67. The van der Waals surface area contributed by atoms with Crippen LogP contribution in [0.3, 0.4) is 0 Å². The number of rotatable bonds is 3. The fourth-order valence-electron chi connectivity index (χ4n) is 9.04. The number of ether oxygens (including phenoxy) is 2. The number of aliphatic hydroxyl groups excluding tert-OH is 4. The van der Waals surface area contributed by atoms with Gasteiger partial charge in [-0.15, -0.1) is 6.58 Å². The molecule has 0 bridgehead atoms. The van der Waals surface area contributed by atoms with Gasteiger partial charge >= 0.3 is 0 Å². The van der Waals surface area contributed by atoms with Gasteiger partial charge in [0.25, 0.3) is 0 Å².